The van der Waals surface area contributed by atoms with Crippen LogP contribution in [0.1, 0.15) is 27.8 Å². The van der Waals surface area contributed by atoms with Crippen molar-refractivity contribution in [3.8, 4) is 0 Å². The molecule has 37 heavy (non-hydrogen) atoms. The fraction of sp³-hybridized carbons (Fsp3) is 0.188. The van der Waals surface area contributed by atoms with E-state index in [1.165, 1.54) is 5.56 Å². The van der Waals surface area contributed by atoms with Crippen molar-refractivity contribution in [3.05, 3.63) is 142 Å². The zero-order chi connectivity index (χ0) is 26.0. The van der Waals surface area contributed by atoms with Crippen LogP contribution in [0.25, 0.3) is 0 Å². The van der Waals surface area contributed by atoms with Gasteiger partial charge in [0.05, 0.1) is 6.42 Å². The Kier molecular flexibility index (Phi) is 9.12. The van der Waals surface area contributed by atoms with Gasteiger partial charge in [0, 0.05) is 24.5 Å². The summed E-state index contributed by atoms with van der Waals surface area (Å²) in [7, 11) is 0. The minimum Gasteiger partial charge on any atom is -0.350 e. The average molecular weight is 511 g/mol. The van der Waals surface area contributed by atoms with Crippen molar-refractivity contribution >= 4 is 23.4 Å². The number of amides is 2. The normalized spacial score (nSPS) is 11.5. The lowest BCUT2D eigenvalue weighted by molar-refractivity contribution is -0.140. The molecule has 1 unspecified atom stereocenters. The van der Waals surface area contributed by atoms with Crippen molar-refractivity contribution in [1.82, 2.24) is 10.2 Å². The van der Waals surface area contributed by atoms with Crippen LogP contribution in [0.5, 0.6) is 0 Å². The highest BCUT2D eigenvalue weighted by Gasteiger charge is 2.30. The van der Waals surface area contributed by atoms with E-state index >= 15 is 0 Å². The van der Waals surface area contributed by atoms with Crippen LogP contribution in [-0.2, 0) is 35.5 Å². The molecule has 4 aromatic carbocycles. The Hall–Kier alpha value is -3.89. The number of nitrogens with one attached hydrogen (secondary N) is 1. The van der Waals surface area contributed by atoms with Crippen molar-refractivity contribution in [2.24, 2.45) is 0 Å². The fourth-order valence-corrected chi connectivity index (χ4v) is 4.35. The van der Waals surface area contributed by atoms with Gasteiger partial charge in [0.1, 0.15) is 6.04 Å². The van der Waals surface area contributed by atoms with Crippen LogP contribution >= 0.6 is 11.6 Å². The van der Waals surface area contributed by atoms with Crippen LogP contribution in [0.4, 0.5) is 0 Å². The van der Waals surface area contributed by atoms with Gasteiger partial charge >= 0.3 is 0 Å². The molecule has 0 aliphatic heterocycles. The largest absolute Gasteiger partial charge is 0.350 e. The lowest BCUT2D eigenvalue weighted by atomic mass is 10.0. The quantitative estimate of drug-likeness (QED) is 0.278. The molecule has 0 radical (unpaired) electrons. The van der Waals surface area contributed by atoms with Gasteiger partial charge in [-0.1, -0.05) is 114 Å². The van der Waals surface area contributed by atoms with Gasteiger partial charge in [-0.15, -0.1) is 0 Å². The summed E-state index contributed by atoms with van der Waals surface area (Å²) in [6.07, 6.45) is 0.598. The number of hydrogen-bond donors (Lipinski definition) is 1. The number of hydrogen-bond acceptors (Lipinski definition) is 2. The number of halogens is 1. The molecule has 0 aromatic heterocycles. The summed E-state index contributed by atoms with van der Waals surface area (Å²) in [5, 5.41) is 3.70. The first-order chi connectivity index (χ1) is 18.0. The number of nitrogens with zero attached hydrogens (tertiary/aromatic N) is 1. The van der Waals surface area contributed by atoms with Crippen LogP contribution in [0.2, 0.25) is 5.02 Å². The Morgan fingerprint density at radius 1 is 0.730 bits per heavy atom. The van der Waals surface area contributed by atoms with Gasteiger partial charge in [0.15, 0.2) is 0 Å². The highest BCUT2D eigenvalue weighted by atomic mass is 35.5. The van der Waals surface area contributed by atoms with Crippen molar-refractivity contribution in [2.45, 2.75) is 38.9 Å². The summed E-state index contributed by atoms with van der Waals surface area (Å²) in [6, 6.07) is 34.3. The number of carbonyl (C=O) groups is 2. The predicted molar refractivity (Wildman–Crippen MR) is 149 cm³/mol. The first kappa shape index (κ1) is 26.2. The van der Waals surface area contributed by atoms with Gasteiger partial charge < -0.3 is 10.2 Å². The summed E-state index contributed by atoms with van der Waals surface area (Å²) in [5.74, 6) is -0.289. The zero-order valence-electron chi connectivity index (χ0n) is 20.9. The minimum absolute atomic E-state index is 0.113. The third-order valence-electron chi connectivity index (χ3n) is 6.32. The molecule has 2 amide bonds. The minimum atomic E-state index is -0.673. The molecule has 0 aliphatic carbocycles. The number of benzene rings is 4. The molecule has 0 saturated carbocycles. The zero-order valence-corrected chi connectivity index (χ0v) is 21.7. The van der Waals surface area contributed by atoms with E-state index < -0.39 is 6.04 Å². The highest BCUT2D eigenvalue weighted by Crippen LogP contribution is 2.18. The monoisotopic (exact) mass is 510 g/mol. The van der Waals surface area contributed by atoms with Gasteiger partial charge in [-0.05, 0) is 41.3 Å². The number of aryl methyl sites for hydroxylation is 1. The maximum absolute atomic E-state index is 13.8. The molecule has 4 aromatic rings. The van der Waals surface area contributed by atoms with Gasteiger partial charge in [-0.3, -0.25) is 9.59 Å². The first-order valence-corrected chi connectivity index (χ1v) is 12.8. The van der Waals surface area contributed by atoms with Crippen LogP contribution in [0, 0.1) is 6.92 Å². The molecular weight excluding hydrogens is 480 g/mol. The van der Waals surface area contributed by atoms with E-state index in [0.29, 0.717) is 24.5 Å². The molecule has 5 heteroatoms. The van der Waals surface area contributed by atoms with Crippen molar-refractivity contribution < 1.29 is 9.59 Å². The summed E-state index contributed by atoms with van der Waals surface area (Å²) >= 11 is 6.05. The first-order valence-electron chi connectivity index (χ1n) is 12.4. The standard InChI is InChI=1S/C32H31ClN2O2/c1-24-12-14-27(15-13-24)22-34-32(37)30(20-25-8-4-2-5-9-25)35(23-28-10-6-3-7-11-28)31(36)21-26-16-18-29(33)19-17-26/h2-19,30H,20-23H2,1H3,(H,34,37). The van der Waals surface area contributed by atoms with Crippen LogP contribution in [0.3, 0.4) is 0 Å². The summed E-state index contributed by atoms with van der Waals surface area (Å²) in [5.41, 5.74) is 5.00. The Labute approximate surface area is 223 Å². The van der Waals surface area contributed by atoms with Gasteiger partial charge in [0.25, 0.3) is 0 Å². The molecule has 0 bridgehead atoms. The molecule has 1 N–H and O–H groups in total. The third-order valence-corrected chi connectivity index (χ3v) is 6.57. The van der Waals surface area contributed by atoms with Gasteiger partial charge in [0.2, 0.25) is 11.8 Å². The fourth-order valence-electron chi connectivity index (χ4n) is 4.23. The third kappa shape index (κ3) is 7.80. The van der Waals surface area contributed by atoms with Gasteiger partial charge in [-0.25, -0.2) is 0 Å². The maximum Gasteiger partial charge on any atom is 0.243 e. The summed E-state index contributed by atoms with van der Waals surface area (Å²) < 4.78 is 0. The van der Waals surface area contributed by atoms with E-state index in [1.54, 1.807) is 17.0 Å². The summed E-state index contributed by atoms with van der Waals surface area (Å²) in [4.78, 5) is 29.2. The second kappa shape index (κ2) is 12.9. The SMILES string of the molecule is Cc1ccc(CNC(=O)C(Cc2ccccc2)N(Cc2ccccc2)C(=O)Cc2ccc(Cl)cc2)cc1. The molecular formula is C32H31ClN2O2. The van der Waals surface area contributed by atoms with Crippen LogP contribution < -0.4 is 5.32 Å². The van der Waals surface area contributed by atoms with Crippen molar-refractivity contribution in [2.75, 3.05) is 0 Å². The second-order valence-electron chi connectivity index (χ2n) is 9.22. The topological polar surface area (TPSA) is 49.4 Å². The Bertz CT molecular complexity index is 1290. The maximum atomic E-state index is 13.8. The molecule has 0 heterocycles. The highest BCUT2D eigenvalue weighted by molar-refractivity contribution is 6.30. The van der Waals surface area contributed by atoms with E-state index in [2.05, 4.69) is 5.32 Å². The molecule has 0 saturated heterocycles. The van der Waals surface area contributed by atoms with E-state index in [9.17, 15) is 9.59 Å². The average Bonchev–Trinajstić information content (AvgIpc) is 2.92. The van der Waals surface area contributed by atoms with E-state index in [4.69, 9.17) is 11.6 Å². The molecule has 1 atom stereocenters. The van der Waals surface area contributed by atoms with Crippen molar-refractivity contribution in [1.29, 1.82) is 0 Å². The Morgan fingerprint density at radius 2 is 1.30 bits per heavy atom. The molecule has 4 rings (SSSR count). The number of carbonyl (C=O) groups excluding carboxylic acids is 2. The van der Waals surface area contributed by atoms with Crippen LogP contribution in [0.15, 0.2) is 109 Å². The van der Waals surface area contributed by atoms with E-state index in [1.807, 2.05) is 104 Å². The Morgan fingerprint density at radius 3 is 1.92 bits per heavy atom. The lowest BCUT2D eigenvalue weighted by Crippen LogP contribution is -2.50. The molecule has 0 spiro atoms. The van der Waals surface area contributed by atoms with Crippen LogP contribution in [-0.4, -0.2) is 22.8 Å². The number of rotatable bonds is 10. The van der Waals surface area contributed by atoms with E-state index in [0.717, 1.165) is 22.3 Å². The summed E-state index contributed by atoms with van der Waals surface area (Å²) in [6.45, 7) is 2.77. The second-order valence-corrected chi connectivity index (χ2v) is 9.66. The van der Waals surface area contributed by atoms with E-state index in [-0.39, 0.29) is 18.2 Å². The lowest BCUT2D eigenvalue weighted by Gasteiger charge is -2.31. The van der Waals surface area contributed by atoms with Crippen molar-refractivity contribution in [3.63, 3.8) is 0 Å². The molecule has 188 valence electrons. The molecule has 0 aliphatic rings. The Balaban J connectivity index is 1.62. The van der Waals surface area contributed by atoms with Gasteiger partial charge in [-0.2, -0.15) is 0 Å². The smallest absolute Gasteiger partial charge is 0.243 e. The molecule has 4 nitrogen and oxygen atoms in total. The molecule has 0 fully saturated rings. The predicted octanol–water partition coefficient (Wildman–Crippen LogP) is 6.15.